The molecule has 0 fully saturated rings. The van der Waals surface area contributed by atoms with Gasteiger partial charge < -0.3 is 4.74 Å². The number of esters is 1. The summed E-state index contributed by atoms with van der Waals surface area (Å²) in [6.07, 6.45) is 0. The summed E-state index contributed by atoms with van der Waals surface area (Å²) in [6, 6.07) is 12.8. The quantitative estimate of drug-likeness (QED) is 0.598. The molecule has 3 aromatic rings. The topological polar surface area (TPSA) is 78.3 Å². The lowest BCUT2D eigenvalue weighted by atomic mass is 10.1. The van der Waals surface area contributed by atoms with Crippen molar-refractivity contribution in [3.05, 3.63) is 71.7 Å². The molecule has 2 aromatic carbocycles. The number of halogens is 1. The van der Waals surface area contributed by atoms with Crippen molar-refractivity contribution in [3.8, 4) is 5.88 Å². The van der Waals surface area contributed by atoms with Crippen LogP contribution in [0.15, 0.2) is 64.4 Å². The van der Waals surface area contributed by atoms with Crippen molar-refractivity contribution in [3.63, 3.8) is 0 Å². The van der Waals surface area contributed by atoms with Crippen molar-refractivity contribution in [1.29, 1.82) is 0 Å². The highest BCUT2D eigenvalue weighted by molar-refractivity contribution is 7.91. The Morgan fingerprint density at radius 3 is 2.31 bits per heavy atom. The summed E-state index contributed by atoms with van der Waals surface area (Å²) in [6.45, 7) is 6.95. The standard InChI is InChI=1S/C21H21FN2O4S/c1-14-18(29(26,27)17-11-6-5-7-12-17)19(24(23-14)21(2,3)4)28-20(25)15-9-8-10-16(22)13-15/h5-13H,1-4H3. The zero-order valence-corrected chi connectivity index (χ0v) is 17.3. The van der Waals surface area contributed by atoms with Gasteiger partial charge in [-0.25, -0.2) is 22.3 Å². The van der Waals surface area contributed by atoms with Crippen LogP contribution < -0.4 is 4.74 Å². The number of carbonyl (C=O) groups is 1. The predicted octanol–water partition coefficient (Wildman–Crippen LogP) is 4.14. The number of benzene rings is 2. The molecule has 0 saturated heterocycles. The normalized spacial score (nSPS) is 12.0. The minimum Gasteiger partial charge on any atom is -0.403 e. The van der Waals surface area contributed by atoms with E-state index in [9.17, 15) is 17.6 Å². The summed E-state index contributed by atoms with van der Waals surface area (Å²) in [5.41, 5.74) is -0.509. The van der Waals surface area contributed by atoms with E-state index in [2.05, 4.69) is 5.10 Å². The average Bonchev–Trinajstić information content (AvgIpc) is 2.99. The van der Waals surface area contributed by atoms with Gasteiger partial charge in [-0.3, -0.25) is 0 Å². The maximum absolute atomic E-state index is 13.5. The zero-order chi connectivity index (χ0) is 21.4. The molecule has 8 heteroatoms. The molecular formula is C21H21FN2O4S. The largest absolute Gasteiger partial charge is 0.403 e. The Labute approximate surface area is 168 Å². The number of hydrogen-bond acceptors (Lipinski definition) is 5. The van der Waals surface area contributed by atoms with E-state index in [0.717, 1.165) is 6.07 Å². The van der Waals surface area contributed by atoms with Crippen LogP contribution in [0.2, 0.25) is 0 Å². The number of hydrogen-bond donors (Lipinski definition) is 0. The van der Waals surface area contributed by atoms with Gasteiger partial charge >= 0.3 is 5.97 Å². The molecule has 29 heavy (non-hydrogen) atoms. The molecule has 0 aliphatic carbocycles. The Hall–Kier alpha value is -3.00. The van der Waals surface area contributed by atoms with Crippen LogP contribution >= 0.6 is 0 Å². The van der Waals surface area contributed by atoms with Crippen molar-refractivity contribution in [2.45, 2.75) is 43.0 Å². The molecule has 0 radical (unpaired) electrons. The lowest BCUT2D eigenvalue weighted by Gasteiger charge is -2.22. The van der Waals surface area contributed by atoms with E-state index in [0.29, 0.717) is 0 Å². The van der Waals surface area contributed by atoms with E-state index in [1.165, 1.54) is 41.9 Å². The molecule has 1 heterocycles. The SMILES string of the molecule is Cc1nn(C(C)(C)C)c(OC(=O)c2cccc(F)c2)c1S(=O)(=O)c1ccccc1. The van der Waals surface area contributed by atoms with Gasteiger partial charge in [-0.2, -0.15) is 5.10 Å². The fourth-order valence-electron chi connectivity index (χ4n) is 2.83. The maximum Gasteiger partial charge on any atom is 0.344 e. The van der Waals surface area contributed by atoms with E-state index in [-0.39, 0.29) is 26.9 Å². The number of aryl methyl sites for hydroxylation is 1. The van der Waals surface area contributed by atoms with Crippen LogP contribution in [0.4, 0.5) is 4.39 Å². The van der Waals surface area contributed by atoms with Crippen LogP contribution in [0.1, 0.15) is 36.8 Å². The summed E-state index contributed by atoms with van der Waals surface area (Å²) < 4.78 is 46.9. The van der Waals surface area contributed by atoms with Crippen LogP contribution in [0.5, 0.6) is 5.88 Å². The van der Waals surface area contributed by atoms with E-state index < -0.39 is 27.2 Å². The first-order chi connectivity index (χ1) is 13.5. The molecule has 0 unspecified atom stereocenters. The monoisotopic (exact) mass is 416 g/mol. The Balaban J connectivity index is 2.18. The van der Waals surface area contributed by atoms with Gasteiger partial charge in [0.05, 0.1) is 21.7 Å². The lowest BCUT2D eigenvalue weighted by Crippen LogP contribution is -2.26. The van der Waals surface area contributed by atoms with Gasteiger partial charge in [0.2, 0.25) is 15.7 Å². The van der Waals surface area contributed by atoms with Gasteiger partial charge in [-0.15, -0.1) is 0 Å². The van der Waals surface area contributed by atoms with Gasteiger partial charge in [0, 0.05) is 0 Å². The number of nitrogens with zero attached hydrogens (tertiary/aromatic N) is 2. The number of aromatic nitrogens is 2. The van der Waals surface area contributed by atoms with Crippen molar-refractivity contribution >= 4 is 15.8 Å². The fourth-order valence-corrected chi connectivity index (χ4v) is 4.36. The summed E-state index contributed by atoms with van der Waals surface area (Å²) in [7, 11) is -4.01. The van der Waals surface area contributed by atoms with Crippen LogP contribution in [0, 0.1) is 12.7 Å². The van der Waals surface area contributed by atoms with E-state index >= 15 is 0 Å². The van der Waals surface area contributed by atoms with Crippen molar-refractivity contribution < 1.29 is 22.3 Å². The Morgan fingerprint density at radius 1 is 1.07 bits per heavy atom. The maximum atomic E-state index is 13.5. The molecule has 0 saturated carbocycles. The number of ether oxygens (including phenoxy) is 1. The van der Waals surface area contributed by atoms with Gasteiger partial charge in [0.25, 0.3) is 0 Å². The van der Waals surface area contributed by atoms with Gasteiger partial charge in [-0.1, -0.05) is 24.3 Å². The average molecular weight is 416 g/mol. The van der Waals surface area contributed by atoms with Crippen molar-refractivity contribution in [1.82, 2.24) is 9.78 Å². The first-order valence-electron chi connectivity index (χ1n) is 8.90. The smallest absolute Gasteiger partial charge is 0.344 e. The third kappa shape index (κ3) is 4.07. The van der Waals surface area contributed by atoms with Crippen molar-refractivity contribution in [2.24, 2.45) is 0 Å². The fraction of sp³-hybridized carbons (Fsp3) is 0.238. The van der Waals surface area contributed by atoms with E-state index in [1.807, 2.05) is 0 Å². The molecule has 0 N–H and O–H groups in total. The van der Waals surface area contributed by atoms with Gasteiger partial charge in [0.1, 0.15) is 5.82 Å². The Morgan fingerprint density at radius 2 is 1.72 bits per heavy atom. The molecule has 6 nitrogen and oxygen atoms in total. The van der Waals surface area contributed by atoms with Gasteiger partial charge in [-0.05, 0) is 58.0 Å². The first-order valence-corrected chi connectivity index (χ1v) is 10.4. The van der Waals surface area contributed by atoms with Crippen LogP contribution in [-0.2, 0) is 15.4 Å². The number of sulfone groups is 1. The third-order valence-electron chi connectivity index (χ3n) is 4.17. The van der Waals surface area contributed by atoms with Gasteiger partial charge in [0.15, 0.2) is 4.90 Å². The Kier molecular flexibility index (Phi) is 5.32. The number of carbonyl (C=O) groups excluding carboxylic acids is 1. The predicted molar refractivity (Wildman–Crippen MR) is 105 cm³/mol. The molecule has 0 amide bonds. The van der Waals surface area contributed by atoms with E-state index in [1.54, 1.807) is 39.0 Å². The van der Waals surface area contributed by atoms with E-state index in [4.69, 9.17) is 4.74 Å². The summed E-state index contributed by atoms with van der Waals surface area (Å²) in [5, 5.41) is 4.32. The van der Waals surface area contributed by atoms with Crippen LogP contribution in [0.3, 0.4) is 0 Å². The van der Waals surface area contributed by atoms with Crippen LogP contribution in [-0.4, -0.2) is 24.2 Å². The molecule has 3 rings (SSSR count). The minimum atomic E-state index is -4.01. The number of rotatable bonds is 4. The molecule has 0 bridgehead atoms. The van der Waals surface area contributed by atoms with Crippen molar-refractivity contribution in [2.75, 3.05) is 0 Å². The minimum absolute atomic E-state index is 0.0348. The molecule has 0 aliphatic heterocycles. The zero-order valence-electron chi connectivity index (χ0n) is 16.5. The lowest BCUT2D eigenvalue weighted by molar-refractivity contribution is 0.0703. The highest BCUT2D eigenvalue weighted by Crippen LogP contribution is 2.36. The highest BCUT2D eigenvalue weighted by Gasteiger charge is 2.34. The molecule has 152 valence electrons. The second kappa shape index (κ2) is 7.44. The summed E-state index contributed by atoms with van der Waals surface area (Å²) in [4.78, 5) is 12.5. The summed E-state index contributed by atoms with van der Waals surface area (Å²) >= 11 is 0. The third-order valence-corrected chi connectivity index (χ3v) is 6.07. The first kappa shape index (κ1) is 20.7. The molecule has 0 atom stereocenters. The molecule has 0 aliphatic rings. The molecule has 0 spiro atoms. The second-order valence-corrected chi connectivity index (χ2v) is 9.41. The highest BCUT2D eigenvalue weighted by atomic mass is 32.2. The Bertz CT molecular complexity index is 1160. The molecule has 1 aromatic heterocycles. The molecular weight excluding hydrogens is 395 g/mol. The second-order valence-electron chi connectivity index (χ2n) is 7.52. The van der Waals surface area contributed by atoms with Crippen LogP contribution in [0.25, 0.3) is 0 Å². The summed E-state index contributed by atoms with van der Waals surface area (Å²) in [5.74, 6) is -1.68.